The van der Waals surface area contributed by atoms with Crippen LogP contribution in [0.25, 0.3) is 11.5 Å². The summed E-state index contributed by atoms with van der Waals surface area (Å²) in [4.78, 5) is 12.3. The van der Waals surface area contributed by atoms with E-state index in [0.717, 1.165) is 31.2 Å². The van der Waals surface area contributed by atoms with Crippen LogP contribution in [-0.2, 0) is 11.2 Å². The number of nitrogens with zero attached hydrogens (tertiary/aromatic N) is 2. The number of aryl methyl sites for hydroxylation is 1. The van der Waals surface area contributed by atoms with E-state index >= 15 is 0 Å². The number of hydrogen-bond acceptors (Lipinski definition) is 4. The Hall–Kier alpha value is -2.95. The van der Waals surface area contributed by atoms with Gasteiger partial charge in [-0.2, -0.15) is 0 Å². The molecule has 1 amide bonds. The van der Waals surface area contributed by atoms with Crippen molar-refractivity contribution in [1.82, 2.24) is 15.5 Å². The highest BCUT2D eigenvalue weighted by Crippen LogP contribution is 2.32. The number of rotatable bonds is 7. The molecule has 1 fully saturated rings. The van der Waals surface area contributed by atoms with E-state index in [-0.39, 0.29) is 5.91 Å². The van der Waals surface area contributed by atoms with Gasteiger partial charge in [-0.15, -0.1) is 10.2 Å². The second kappa shape index (κ2) is 9.50. The number of benzene rings is 2. The van der Waals surface area contributed by atoms with Gasteiger partial charge in [-0.05, 0) is 55.7 Å². The molecule has 1 N–H and O–H groups in total. The fraction of sp³-hybridized carbons (Fsp3) is 0.375. The van der Waals surface area contributed by atoms with Crippen molar-refractivity contribution in [3.63, 3.8) is 0 Å². The molecule has 1 saturated carbocycles. The predicted octanol–water partition coefficient (Wildman–Crippen LogP) is 4.90. The zero-order chi connectivity index (χ0) is 19.9. The molecule has 5 nitrogen and oxygen atoms in total. The summed E-state index contributed by atoms with van der Waals surface area (Å²) in [6.45, 7) is 0. The average Bonchev–Trinajstić information content (AvgIpc) is 3.24. The zero-order valence-corrected chi connectivity index (χ0v) is 16.6. The number of aromatic nitrogens is 2. The van der Waals surface area contributed by atoms with Gasteiger partial charge in [0.2, 0.25) is 17.7 Å². The van der Waals surface area contributed by atoms with Crippen LogP contribution in [-0.4, -0.2) is 22.1 Å². The lowest BCUT2D eigenvalue weighted by Crippen LogP contribution is -2.37. The number of hydrogen-bond donors (Lipinski definition) is 1. The molecule has 0 aliphatic heterocycles. The van der Waals surface area contributed by atoms with Gasteiger partial charge in [0.1, 0.15) is 0 Å². The molecule has 1 aromatic heterocycles. The van der Waals surface area contributed by atoms with Crippen molar-refractivity contribution in [3.8, 4) is 11.5 Å². The van der Waals surface area contributed by atoms with Crippen molar-refractivity contribution in [2.45, 2.75) is 56.9 Å². The first-order valence-electron chi connectivity index (χ1n) is 10.5. The van der Waals surface area contributed by atoms with Crippen LogP contribution < -0.4 is 5.32 Å². The lowest BCUT2D eigenvalue weighted by atomic mass is 9.82. The minimum absolute atomic E-state index is 0.121. The highest BCUT2D eigenvalue weighted by Gasteiger charge is 2.23. The van der Waals surface area contributed by atoms with Crippen LogP contribution in [0.5, 0.6) is 0 Å². The maximum atomic E-state index is 12.3. The fourth-order valence-corrected chi connectivity index (χ4v) is 4.05. The second-order valence-corrected chi connectivity index (χ2v) is 7.75. The molecule has 0 spiro atoms. The average molecular weight is 389 g/mol. The van der Waals surface area contributed by atoms with Gasteiger partial charge in [0.25, 0.3) is 0 Å². The Morgan fingerprint density at radius 3 is 2.34 bits per heavy atom. The van der Waals surface area contributed by atoms with Gasteiger partial charge >= 0.3 is 0 Å². The standard InChI is InChI=1S/C24H27N3O2/c28-22(25-21-16-14-19(15-17-21)18-8-3-1-4-9-18)12-7-13-23-26-27-24(29-23)20-10-5-2-6-11-20/h1-6,8-11,19,21H,7,12-17H2,(H,25,28). The predicted molar refractivity (Wildman–Crippen MR) is 112 cm³/mol. The Bertz CT molecular complexity index is 900. The summed E-state index contributed by atoms with van der Waals surface area (Å²) in [6.07, 6.45) is 6.19. The number of carbonyl (C=O) groups is 1. The SMILES string of the molecule is O=C(CCCc1nnc(-c2ccccc2)o1)NC1CCC(c2ccccc2)CC1. The van der Waals surface area contributed by atoms with E-state index in [9.17, 15) is 4.79 Å². The summed E-state index contributed by atoms with van der Waals surface area (Å²) in [7, 11) is 0. The van der Waals surface area contributed by atoms with E-state index in [1.165, 1.54) is 5.56 Å². The summed E-state index contributed by atoms with van der Waals surface area (Å²) in [5.41, 5.74) is 2.34. The highest BCUT2D eigenvalue weighted by atomic mass is 16.4. The van der Waals surface area contributed by atoms with Gasteiger partial charge in [-0.3, -0.25) is 4.79 Å². The second-order valence-electron chi connectivity index (χ2n) is 7.75. The van der Waals surface area contributed by atoms with Crippen LogP contribution in [0, 0.1) is 0 Å². The third kappa shape index (κ3) is 5.31. The molecule has 0 atom stereocenters. The smallest absolute Gasteiger partial charge is 0.247 e. The van der Waals surface area contributed by atoms with Crippen molar-refractivity contribution >= 4 is 5.91 Å². The normalized spacial score (nSPS) is 19.0. The Balaban J connectivity index is 1.17. The molecule has 1 aliphatic rings. The number of carbonyl (C=O) groups excluding carboxylic acids is 1. The molecule has 0 unspecified atom stereocenters. The summed E-state index contributed by atoms with van der Waals surface area (Å²) in [5.74, 6) is 1.86. The maximum absolute atomic E-state index is 12.3. The Kier molecular flexibility index (Phi) is 6.35. The van der Waals surface area contributed by atoms with Gasteiger partial charge in [0, 0.05) is 24.4 Å². The van der Waals surface area contributed by atoms with Crippen LogP contribution in [0.2, 0.25) is 0 Å². The maximum Gasteiger partial charge on any atom is 0.247 e. The van der Waals surface area contributed by atoms with Crippen molar-refractivity contribution in [3.05, 3.63) is 72.1 Å². The molecule has 0 bridgehead atoms. The molecule has 5 heteroatoms. The molecule has 1 heterocycles. The Morgan fingerprint density at radius 2 is 1.62 bits per heavy atom. The molecule has 1 aliphatic carbocycles. The minimum atomic E-state index is 0.121. The molecular weight excluding hydrogens is 362 g/mol. The van der Waals surface area contributed by atoms with Gasteiger partial charge < -0.3 is 9.73 Å². The van der Waals surface area contributed by atoms with Crippen LogP contribution in [0.1, 0.15) is 55.9 Å². The summed E-state index contributed by atoms with van der Waals surface area (Å²) >= 11 is 0. The first-order valence-corrected chi connectivity index (χ1v) is 10.5. The third-order valence-electron chi connectivity index (χ3n) is 5.65. The monoisotopic (exact) mass is 389 g/mol. The van der Waals surface area contributed by atoms with Gasteiger partial charge in [-0.25, -0.2) is 0 Å². The van der Waals surface area contributed by atoms with Crippen LogP contribution in [0.3, 0.4) is 0 Å². The molecule has 29 heavy (non-hydrogen) atoms. The van der Waals surface area contributed by atoms with Crippen LogP contribution in [0.4, 0.5) is 0 Å². The first-order chi connectivity index (χ1) is 14.3. The lowest BCUT2D eigenvalue weighted by molar-refractivity contribution is -0.122. The molecule has 150 valence electrons. The zero-order valence-electron chi connectivity index (χ0n) is 16.6. The third-order valence-corrected chi connectivity index (χ3v) is 5.65. The lowest BCUT2D eigenvalue weighted by Gasteiger charge is -2.29. The molecular formula is C24H27N3O2. The van der Waals surface area contributed by atoms with E-state index < -0.39 is 0 Å². The molecule has 4 rings (SSSR count). The molecule has 0 radical (unpaired) electrons. The van der Waals surface area contributed by atoms with Crippen molar-refractivity contribution < 1.29 is 9.21 Å². The van der Waals surface area contributed by atoms with Gasteiger partial charge in [0.05, 0.1) is 0 Å². The quantitative estimate of drug-likeness (QED) is 0.624. The first kappa shape index (κ1) is 19.4. The summed E-state index contributed by atoms with van der Waals surface area (Å²) in [5, 5.41) is 11.4. The van der Waals surface area contributed by atoms with E-state index in [1.54, 1.807) is 0 Å². The topological polar surface area (TPSA) is 68.0 Å². The molecule has 0 saturated heterocycles. The van der Waals surface area contributed by atoms with E-state index in [0.29, 0.717) is 43.0 Å². The van der Waals surface area contributed by atoms with Crippen molar-refractivity contribution in [1.29, 1.82) is 0 Å². The van der Waals surface area contributed by atoms with E-state index in [2.05, 4.69) is 45.8 Å². The van der Waals surface area contributed by atoms with Gasteiger partial charge in [0.15, 0.2) is 0 Å². The summed E-state index contributed by atoms with van der Waals surface area (Å²) < 4.78 is 5.70. The minimum Gasteiger partial charge on any atom is -0.421 e. The van der Waals surface area contributed by atoms with E-state index in [1.807, 2.05) is 30.3 Å². The number of amides is 1. The highest BCUT2D eigenvalue weighted by molar-refractivity contribution is 5.76. The van der Waals surface area contributed by atoms with Crippen LogP contribution in [0.15, 0.2) is 65.1 Å². The molecule has 3 aromatic rings. The largest absolute Gasteiger partial charge is 0.421 e. The van der Waals surface area contributed by atoms with Crippen molar-refractivity contribution in [2.75, 3.05) is 0 Å². The van der Waals surface area contributed by atoms with Crippen molar-refractivity contribution in [2.24, 2.45) is 0 Å². The fourth-order valence-electron chi connectivity index (χ4n) is 4.05. The van der Waals surface area contributed by atoms with Crippen LogP contribution >= 0.6 is 0 Å². The Morgan fingerprint density at radius 1 is 0.931 bits per heavy atom. The number of nitrogens with one attached hydrogen (secondary N) is 1. The Labute approximate surface area is 171 Å². The van der Waals surface area contributed by atoms with Gasteiger partial charge in [-0.1, -0.05) is 48.5 Å². The molecule has 2 aromatic carbocycles. The van der Waals surface area contributed by atoms with E-state index in [4.69, 9.17) is 4.42 Å². The summed E-state index contributed by atoms with van der Waals surface area (Å²) in [6, 6.07) is 20.7.